The van der Waals surface area contributed by atoms with E-state index in [0.717, 1.165) is 70.9 Å². The topological polar surface area (TPSA) is 58.9 Å². The fraction of sp³-hybridized carbons (Fsp3) is 0.500. The van der Waals surface area contributed by atoms with Gasteiger partial charge < -0.3 is 19.7 Å². The minimum Gasteiger partial charge on any atom is -0.496 e. The first-order valence-corrected chi connectivity index (χ1v) is 11.3. The van der Waals surface area contributed by atoms with Crippen LogP contribution in [0.4, 0.5) is 0 Å². The van der Waals surface area contributed by atoms with Gasteiger partial charge in [0, 0.05) is 11.1 Å². The fourth-order valence-electron chi connectivity index (χ4n) is 3.40. The molecule has 0 radical (unpaired) electrons. The summed E-state index contributed by atoms with van der Waals surface area (Å²) >= 11 is 1.87. The van der Waals surface area contributed by atoms with Crippen LogP contribution in [0.25, 0.3) is 0 Å². The Hall–Kier alpha value is -1.69. The molecule has 0 heterocycles. The van der Waals surface area contributed by atoms with Gasteiger partial charge in [0.2, 0.25) is 0 Å². The third-order valence-electron chi connectivity index (χ3n) is 5.02. The predicted molar refractivity (Wildman–Crippen MR) is 121 cm³/mol. The van der Waals surface area contributed by atoms with E-state index in [1.807, 2.05) is 62.0 Å². The minimum atomic E-state index is -0.499. The van der Waals surface area contributed by atoms with Crippen LogP contribution >= 0.6 is 11.8 Å². The van der Waals surface area contributed by atoms with Crippen molar-refractivity contribution in [2.45, 2.75) is 51.7 Å². The van der Waals surface area contributed by atoms with Crippen molar-refractivity contribution in [1.82, 2.24) is 0 Å². The van der Waals surface area contributed by atoms with Gasteiger partial charge in [-0.2, -0.15) is 11.8 Å². The van der Waals surface area contributed by atoms with Gasteiger partial charge in [0.25, 0.3) is 0 Å². The molecule has 2 N–H and O–H groups in total. The molecule has 0 saturated carbocycles. The van der Waals surface area contributed by atoms with E-state index in [2.05, 4.69) is 0 Å². The van der Waals surface area contributed by atoms with Crippen molar-refractivity contribution < 1.29 is 19.7 Å². The molecule has 0 saturated heterocycles. The molecular weight excluding hydrogens is 384 g/mol. The number of aliphatic hydroxyl groups is 2. The lowest BCUT2D eigenvalue weighted by Crippen LogP contribution is -2.03. The molecule has 2 aromatic rings. The van der Waals surface area contributed by atoms with Gasteiger partial charge in [-0.05, 0) is 75.3 Å². The summed E-state index contributed by atoms with van der Waals surface area (Å²) < 4.78 is 10.7. The molecule has 2 rings (SSSR count). The number of benzene rings is 2. The normalized spacial score (nSPS) is 13.2. The van der Waals surface area contributed by atoms with Crippen molar-refractivity contribution >= 4 is 11.8 Å². The highest BCUT2D eigenvalue weighted by molar-refractivity contribution is 7.99. The third kappa shape index (κ3) is 7.25. The van der Waals surface area contributed by atoms with Crippen LogP contribution in [0.1, 0.15) is 60.1 Å². The van der Waals surface area contributed by atoms with E-state index < -0.39 is 12.2 Å². The summed E-state index contributed by atoms with van der Waals surface area (Å²) in [5.41, 5.74) is 3.98. The van der Waals surface area contributed by atoms with Crippen LogP contribution in [0, 0.1) is 13.8 Å². The number of hydrogen-bond acceptors (Lipinski definition) is 5. The van der Waals surface area contributed by atoms with Crippen LogP contribution in [0.5, 0.6) is 11.5 Å². The molecule has 2 atom stereocenters. The standard InChI is InChI=1S/C24H34O4S/c1-17-9-11-23(27-3)19(15-17)21(25)7-5-13-29-14-6-8-22(26)20-16-18(2)10-12-24(20)28-4/h9-12,15-16,21-22,25-26H,5-8,13-14H2,1-4H3. The van der Waals surface area contributed by atoms with Crippen molar-refractivity contribution in [3.63, 3.8) is 0 Å². The Morgan fingerprint density at radius 1 is 0.759 bits per heavy atom. The van der Waals surface area contributed by atoms with Crippen molar-refractivity contribution in [3.05, 3.63) is 58.7 Å². The Morgan fingerprint density at radius 3 is 1.55 bits per heavy atom. The Labute approximate surface area is 179 Å². The molecule has 0 aliphatic heterocycles. The van der Waals surface area contributed by atoms with E-state index in [-0.39, 0.29) is 0 Å². The quantitative estimate of drug-likeness (QED) is 0.453. The lowest BCUT2D eigenvalue weighted by atomic mass is 10.0. The molecule has 2 aromatic carbocycles. The van der Waals surface area contributed by atoms with Crippen LogP contribution in [0.2, 0.25) is 0 Å². The van der Waals surface area contributed by atoms with Gasteiger partial charge in [0.05, 0.1) is 26.4 Å². The van der Waals surface area contributed by atoms with Gasteiger partial charge in [-0.15, -0.1) is 0 Å². The van der Waals surface area contributed by atoms with E-state index in [1.54, 1.807) is 14.2 Å². The van der Waals surface area contributed by atoms with Crippen LogP contribution < -0.4 is 9.47 Å². The lowest BCUT2D eigenvalue weighted by Gasteiger charge is -2.16. The monoisotopic (exact) mass is 418 g/mol. The summed E-state index contributed by atoms with van der Waals surface area (Å²) in [5.74, 6) is 3.48. The minimum absolute atomic E-state index is 0.499. The Kier molecular flexibility index (Phi) is 9.85. The molecule has 5 heteroatoms. The van der Waals surface area contributed by atoms with E-state index in [4.69, 9.17) is 9.47 Å². The number of ether oxygens (including phenoxy) is 2. The molecule has 0 spiro atoms. The van der Waals surface area contributed by atoms with Crippen molar-refractivity contribution in [2.75, 3.05) is 25.7 Å². The highest BCUT2D eigenvalue weighted by Gasteiger charge is 2.14. The molecule has 0 amide bonds. The second-order valence-corrected chi connectivity index (χ2v) is 8.64. The first kappa shape index (κ1) is 23.6. The first-order chi connectivity index (χ1) is 14.0. The average molecular weight is 419 g/mol. The summed E-state index contributed by atoms with van der Waals surface area (Å²) in [6.45, 7) is 4.04. The highest BCUT2D eigenvalue weighted by atomic mass is 32.2. The molecule has 29 heavy (non-hydrogen) atoms. The van der Waals surface area contributed by atoms with E-state index in [9.17, 15) is 10.2 Å². The Balaban J connectivity index is 1.68. The van der Waals surface area contributed by atoms with E-state index in [1.165, 1.54) is 0 Å². The van der Waals surface area contributed by atoms with E-state index >= 15 is 0 Å². The molecule has 0 aromatic heterocycles. The van der Waals surface area contributed by atoms with Crippen molar-refractivity contribution in [3.8, 4) is 11.5 Å². The summed E-state index contributed by atoms with van der Waals surface area (Å²) in [7, 11) is 3.27. The molecule has 2 unspecified atom stereocenters. The maximum Gasteiger partial charge on any atom is 0.124 e. The Bertz CT molecular complexity index is 699. The van der Waals surface area contributed by atoms with Crippen LogP contribution in [-0.2, 0) is 0 Å². The number of aliphatic hydroxyl groups excluding tert-OH is 2. The van der Waals surface area contributed by atoms with Crippen LogP contribution in [-0.4, -0.2) is 35.9 Å². The fourth-order valence-corrected chi connectivity index (χ4v) is 4.34. The molecule has 0 bridgehead atoms. The number of methoxy groups -OCH3 is 2. The van der Waals surface area contributed by atoms with Gasteiger partial charge >= 0.3 is 0 Å². The predicted octanol–water partition coefficient (Wildman–Crippen LogP) is 5.38. The summed E-state index contributed by atoms with van der Waals surface area (Å²) in [6, 6.07) is 11.8. The maximum atomic E-state index is 10.5. The van der Waals surface area contributed by atoms with E-state index in [0.29, 0.717) is 0 Å². The number of hydrogen-bond donors (Lipinski definition) is 2. The number of rotatable bonds is 12. The summed E-state index contributed by atoms with van der Waals surface area (Å²) in [5, 5.41) is 21.0. The van der Waals surface area contributed by atoms with Crippen LogP contribution in [0.15, 0.2) is 36.4 Å². The van der Waals surface area contributed by atoms with Crippen molar-refractivity contribution in [2.24, 2.45) is 0 Å². The molecule has 0 aliphatic rings. The van der Waals surface area contributed by atoms with Crippen LogP contribution in [0.3, 0.4) is 0 Å². The maximum absolute atomic E-state index is 10.5. The zero-order valence-electron chi connectivity index (χ0n) is 18.0. The molecular formula is C24H34O4S. The SMILES string of the molecule is COc1ccc(C)cc1C(O)CCCSCCCC(O)c1cc(C)ccc1OC. The van der Waals surface area contributed by atoms with Crippen molar-refractivity contribution in [1.29, 1.82) is 0 Å². The first-order valence-electron chi connectivity index (χ1n) is 10.2. The summed E-state index contributed by atoms with van der Waals surface area (Å²) in [6.07, 6.45) is 2.32. The van der Waals surface area contributed by atoms with Gasteiger partial charge in [-0.3, -0.25) is 0 Å². The second-order valence-electron chi connectivity index (χ2n) is 7.42. The van der Waals surface area contributed by atoms with Gasteiger partial charge in [0.1, 0.15) is 11.5 Å². The smallest absolute Gasteiger partial charge is 0.124 e. The van der Waals surface area contributed by atoms with Gasteiger partial charge in [-0.1, -0.05) is 23.3 Å². The molecule has 0 fully saturated rings. The number of thioether (sulfide) groups is 1. The van der Waals surface area contributed by atoms with Gasteiger partial charge in [0.15, 0.2) is 0 Å². The Morgan fingerprint density at radius 2 is 1.17 bits per heavy atom. The zero-order valence-corrected chi connectivity index (χ0v) is 18.8. The highest BCUT2D eigenvalue weighted by Crippen LogP contribution is 2.31. The number of aryl methyl sites for hydroxylation is 2. The van der Waals surface area contributed by atoms with Gasteiger partial charge in [-0.25, -0.2) is 0 Å². The second kappa shape index (κ2) is 12.1. The lowest BCUT2D eigenvalue weighted by molar-refractivity contribution is 0.162. The largest absolute Gasteiger partial charge is 0.496 e. The molecule has 4 nitrogen and oxygen atoms in total. The molecule has 0 aliphatic carbocycles. The average Bonchev–Trinajstić information content (AvgIpc) is 2.72. The zero-order chi connectivity index (χ0) is 21.2. The third-order valence-corrected chi connectivity index (χ3v) is 6.18. The summed E-state index contributed by atoms with van der Waals surface area (Å²) in [4.78, 5) is 0. The molecule has 160 valence electrons.